The number of unbranched alkanes of at least 4 members (excludes halogenated alkanes) is 2. The van der Waals surface area contributed by atoms with Gasteiger partial charge in [-0.3, -0.25) is 9.59 Å². The van der Waals surface area contributed by atoms with Gasteiger partial charge in [0, 0.05) is 6.54 Å². The molecule has 1 unspecified atom stereocenters. The van der Waals surface area contributed by atoms with E-state index >= 15 is 0 Å². The van der Waals surface area contributed by atoms with Gasteiger partial charge in [-0.05, 0) is 43.7 Å². The van der Waals surface area contributed by atoms with Crippen molar-refractivity contribution >= 4 is 17.4 Å². The third-order valence-electron chi connectivity index (χ3n) is 4.99. The molecule has 154 valence electrons. The Morgan fingerprint density at radius 2 is 2.00 bits per heavy atom. The van der Waals surface area contributed by atoms with Gasteiger partial charge in [0.25, 0.3) is 11.7 Å². The van der Waals surface area contributed by atoms with E-state index in [1.54, 1.807) is 19.1 Å². The number of carbonyl (C=O) groups is 2. The number of ketones is 1. The van der Waals surface area contributed by atoms with Crippen LogP contribution < -0.4 is 4.74 Å². The lowest BCUT2D eigenvalue weighted by atomic mass is 9.98. The number of nitrogens with zero attached hydrogens (tertiary/aromatic N) is 1. The summed E-state index contributed by atoms with van der Waals surface area (Å²) in [5, 5.41) is 11.0. The molecule has 1 atom stereocenters. The van der Waals surface area contributed by atoms with E-state index in [1.807, 2.05) is 6.92 Å². The summed E-state index contributed by atoms with van der Waals surface area (Å²) in [5.74, 6) is -1.46. The van der Waals surface area contributed by atoms with E-state index in [2.05, 4.69) is 0 Å². The van der Waals surface area contributed by atoms with Gasteiger partial charge in [-0.25, -0.2) is 4.39 Å². The number of halogens is 1. The molecular formula is C22H24FNO5. The van der Waals surface area contributed by atoms with Gasteiger partial charge in [0.1, 0.15) is 34.9 Å². The van der Waals surface area contributed by atoms with Crippen LogP contribution in [0.2, 0.25) is 0 Å². The summed E-state index contributed by atoms with van der Waals surface area (Å²) in [7, 11) is 1.38. The minimum Gasteiger partial charge on any atom is -0.507 e. The Balaban J connectivity index is 2.16. The van der Waals surface area contributed by atoms with Crippen LogP contribution in [0.25, 0.3) is 5.76 Å². The average Bonchev–Trinajstić information content (AvgIpc) is 3.23. The fraction of sp³-hybridized carbons (Fsp3) is 0.364. The lowest BCUT2D eigenvalue weighted by Crippen LogP contribution is -2.30. The molecule has 1 aliphatic heterocycles. The Morgan fingerprint density at radius 1 is 1.24 bits per heavy atom. The minimum atomic E-state index is -0.881. The van der Waals surface area contributed by atoms with Crippen LogP contribution in [0.15, 0.2) is 40.3 Å². The summed E-state index contributed by atoms with van der Waals surface area (Å²) in [5.41, 5.74) is -0.128. The van der Waals surface area contributed by atoms with Crippen molar-refractivity contribution in [2.75, 3.05) is 13.7 Å². The molecule has 1 fully saturated rings. The normalized spacial score (nSPS) is 18.5. The number of ether oxygens (including phenoxy) is 1. The van der Waals surface area contributed by atoms with E-state index < -0.39 is 29.3 Å². The van der Waals surface area contributed by atoms with Crippen molar-refractivity contribution in [3.8, 4) is 5.75 Å². The van der Waals surface area contributed by atoms with E-state index in [0.717, 1.165) is 18.9 Å². The Morgan fingerprint density at radius 3 is 2.62 bits per heavy atom. The molecule has 1 saturated heterocycles. The average molecular weight is 401 g/mol. The van der Waals surface area contributed by atoms with Crippen LogP contribution in [-0.4, -0.2) is 35.4 Å². The smallest absolute Gasteiger partial charge is 0.295 e. The van der Waals surface area contributed by atoms with Crippen molar-refractivity contribution in [1.82, 2.24) is 4.90 Å². The quantitative estimate of drug-likeness (QED) is 0.323. The monoisotopic (exact) mass is 401 g/mol. The van der Waals surface area contributed by atoms with Gasteiger partial charge in [0.05, 0.1) is 18.2 Å². The molecule has 1 aromatic heterocycles. The summed E-state index contributed by atoms with van der Waals surface area (Å²) in [6, 6.07) is 6.14. The van der Waals surface area contributed by atoms with E-state index in [4.69, 9.17) is 9.15 Å². The first-order valence-corrected chi connectivity index (χ1v) is 9.57. The lowest BCUT2D eigenvalue weighted by Gasteiger charge is -2.23. The number of furan rings is 1. The van der Waals surface area contributed by atoms with Crippen molar-refractivity contribution in [2.45, 2.75) is 39.2 Å². The number of likely N-dealkylation sites (tertiary alicyclic amines) is 1. The topological polar surface area (TPSA) is 80.0 Å². The number of amides is 1. The van der Waals surface area contributed by atoms with E-state index in [0.29, 0.717) is 24.5 Å². The predicted molar refractivity (Wildman–Crippen MR) is 105 cm³/mol. The number of carbonyl (C=O) groups excluding carboxylic acids is 2. The first kappa shape index (κ1) is 20.6. The summed E-state index contributed by atoms with van der Waals surface area (Å²) in [6.45, 7) is 4.14. The number of methoxy groups -OCH3 is 1. The summed E-state index contributed by atoms with van der Waals surface area (Å²) >= 11 is 0. The van der Waals surface area contributed by atoms with Gasteiger partial charge in [-0.2, -0.15) is 0 Å². The van der Waals surface area contributed by atoms with Crippen LogP contribution in [0.3, 0.4) is 0 Å². The molecule has 1 aliphatic rings. The number of hydrogen-bond acceptors (Lipinski definition) is 5. The van der Waals surface area contributed by atoms with Crippen molar-refractivity contribution < 1.29 is 28.2 Å². The molecule has 2 heterocycles. The SMILES string of the molecule is CCCCCN1C(=O)C(=O)/C(=C(/O)c2cc(F)ccc2OC)C1c1ccc(C)o1. The molecule has 0 spiro atoms. The van der Waals surface area contributed by atoms with Crippen molar-refractivity contribution in [2.24, 2.45) is 0 Å². The Labute approximate surface area is 168 Å². The fourth-order valence-corrected chi connectivity index (χ4v) is 3.55. The molecule has 1 aromatic carbocycles. The molecule has 0 aliphatic carbocycles. The maximum absolute atomic E-state index is 13.8. The summed E-state index contributed by atoms with van der Waals surface area (Å²) < 4.78 is 24.7. The maximum Gasteiger partial charge on any atom is 0.295 e. The maximum atomic E-state index is 13.8. The molecule has 1 amide bonds. The van der Waals surface area contributed by atoms with Crippen LogP contribution in [0.1, 0.15) is 49.3 Å². The molecule has 3 rings (SSSR count). The van der Waals surface area contributed by atoms with Crippen LogP contribution in [-0.2, 0) is 9.59 Å². The highest BCUT2D eigenvalue weighted by atomic mass is 19.1. The van der Waals surface area contributed by atoms with E-state index in [9.17, 15) is 19.1 Å². The first-order chi connectivity index (χ1) is 13.9. The third kappa shape index (κ3) is 3.90. The Hall–Kier alpha value is -3.09. The van der Waals surface area contributed by atoms with Gasteiger partial charge in [0.15, 0.2) is 0 Å². The summed E-state index contributed by atoms with van der Waals surface area (Å²) in [4.78, 5) is 27.0. The number of Topliss-reactive ketones (excluding diaryl/α,β-unsaturated/α-hetero) is 1. The van der Waals surface area contributed by atoms with Gasteiger partial charge < -0.3 is 19.2 Å². The molecular weight excluding hydrogens is 377 g/mol. The fourth-order valence-electron chi connectivity index (χ4n) is 3.55. The van der Waals surface area contributed by atoms with Gasteiger partial charge in [-0.15, -0.1) is 0 Å². The third-order valence-corrected chi connectivity index (χ3v) is 4.99. The molecule has 29 heavy (non-hydrogen) atoms. The number of rotatable bonds is 7. The van der Waals surface area contributed by atoms with Gasteiger partial charge in [-0.1, -0.05) is 19.8 Å². The first-order valence-electron chi connectivity index (χ1n) is 9.57. The zero-order valence-electron chi connectivity index (χ0n) is 16.7. The molecule has 6 nitrogen and oxygen atoms in total. The predicted octanol–water partition coefficient (Wildman–Crippen LogP) is 4.35. The number of aliphatic hydroxyl groups is 1. The molecule has 7 heteroatoms. The summed E-state index contributed by atoms with van der Waals surface area (Å²) in [6.07, 6.45) is 2.56. The van der Waals surface area contributed by atoms with Gasteiger partial charge in [0.2, 0.25) is 0 Å². The highest BCUT2D eigenvalue weighted by Gasteiger charge is 2.47. The molecule has 2 aromatic rings. The van der Waals surface area contributed by atoms with Crippen LogP contribution in [0, 0.1) is 12.7 Å². The van der Waals surface area contributed by atoms with E-state index in [-0.39, 0.29) is 16.9 Å². The van der Waals surface area contributed by atoms with Crippen molar-refractivity contribution in [1.29, 1.82) is 0 Å². The van der Waals surface area contributed by atoms with Crippen molar-refractivity contribution in [3.05, 3.63) is 58.8 Å². The number of aliphatic hydroxyl groups excluding tert-OH is 1. The Bertz CT molecular complexity index is 962. The van der Waals surface area contributed by atoms with Crippen molar-refractivity contribution in [3.63, 3.8) is 0 Å². The molecule has 0 radical (unpaired) electrons. The lowest BCUT2D eigenvalue weighted by molar-refractivity contribution is -0.140. The highest BCUT2D eigenvalue weighted by Crippen LogP contribution is 2.41. The standard InChI is InChI=1S/C22H24FNO5/c1-4-5-6-11-24-19(17-9-7-13(2)29-17)18(21(26)22(24)27)20(25)15-12-14(23)8-10-16(15)28-3/h7-10,12,19,25H,4-6,11H2,1-3H3/b20-18+. The largest absolute Gasteiger partial charge is 0.507 e. The van der Waals surface area contributed by atoms with Crippen LogP contribution >= 0.6 is 0 Å². The number of hydrogen-bond donors (Lipinski definition) is 1. The van der Waals surface area contributed by atoms with E-state index in [1.165, 1.54) is 24.1 Å². The van der Waals surface area contributed by atoms with Crippen LogP contribution in [0.4, 0.5) is 4.39 Å². The van der Waals surface area contributed by atoms with Crippen LogP contribution in [0.5, 0.6) is 5.75 Å². The highest BCUT2D eigenvalue weighted by molar-refractivity contribution is 6.46. The second kappa shape index (κ2) is 8.51. The second-order valence-electron chi connectivity index (χ2n) is 6.99. The minimum absolute atomic E-state index is 0.00679. The zero-order valence-corrected chi connectivity index (χ0v) is 16.7. The molecule has 0 bridgehead atoms. The number of aryl methyl sites for hydroxylation is 1. The second-order valence-corrected chi connectivity index (χ2v) is 6.99. The number of benzene rings is 1. The molecule has 1 N–H and O–H groups in total. The molecule has 0 saturated carbocycles. The zero-order chi connectivity index (χ0) is 21.1. The Kier molecular flexibility index (Phi) is 6.06. The van der Waals surface area contributed by atoms with Gasteiger partial charge >= 0.3 is 0 Å².